The number of rotatable bonds is 1. The molecule has 2 aliphatic carbocycles. The molecule has 0 saturated carbocycles. The minimum absolute atomic E-state index is 0.146. The lowest BCUT2D eigenvalue weighted by atomic mass is 9.74. The van der Waals surface area contributed by atoms with E-state index in [1.165, 1.54) is 19.1 Å². The minimum atomic E-state index is -1.33. The van der Waals surface area contributed by atoms with Gasteiger partial charge < -0.3 is 15.3 Å². The number of carbonyl (C=O) groups is 3. The third-order valence-electron chi connectivity index (χ3n) is 5.45. The molecule has 2 aromatic rings. The molecule has 2 aliphatic rings. The average Bonchev–Trinajstić information content (AvgIpc) is 2.64. The van der Waals surface area contributed by atoms with Crippen LogP contribution >= 0.6 is 11.8 Å². The molecule has 0 aromatic heterocycles. The summed E-state index contributed by atoms with van der Waals surface area (Å²) in [5.74, 6) is -1.92. The fraction of sp³-hybridized carbons (Fsp3) is 0.286. The molecule has 7 heteroatoms. The van der Waals surface area contributed by atoms with Gasteiger partial charge in [-0.05, 0) is 19.8 Å². The van der Waals surface area contributed by atoms with Crippen LogP contribution in [0, 0.1) is 0 Å². The Morgan fingerprint density at radius 1 is 1.07 bits per heavy atom. The number of thioether (sulfide) groups is 1. The standard InChI is InChI=1S/C21H18O6S/c1-9(22)28-20-13-12(7-8-21(20,2)27)18(25)14-15(19(13)26)17(24)11-6-4-3-5-10(11)16(14)23/h3-6,20,25-27H,7-8H2,1-2H3/t20-,21-/m1/s1. The van der Waals surface area contributed by atoms with Crippen LogP contribution in [-0.2, 0) is 11.2 Å². The van der Waals surface area contributed by atoms with Gasteiger partial charge in [-0.15, -0.1) is 0 Å². The van der Waals surface area contributed by atoms with Gasteiger partial charge in [0.05, 0.1) is 22.0 Å². The third kappa shape index (κ3) is 2.50. The topological polar surface area (TPSA) is 112 Å². The van der Waals surface area contributed by atoms with Crippen LogP contribution in [0.4, 0.5) is 0 Å². The van der Waals surface area contributed by atoms with Crippen molar-refractivity contribution in [2.45, 2.75) is 37.5 Å². The smallest absolute Gasteiger partial charge is 0.198 e. The van der Waals surface area contributed by atoms with Gasteiger partial charge in [-0.2, -0.15) is 0 Å². The summed E-state index contributed by atoms with van der Waals surface area (Å²) in [6.07, 6.45) is 0.433. The van der Waals surface area contributed by atoms with Crippen molar-refractivity contribution >= 4 is 28.4 Å². The summed E-state index contributed by atoms with van der Waals surface area (Å²) in [5.41, 5.74) is -1.06. The summed E-state index contributed by atoms with van der Waals surface area (Å²) in [6, 6.07) is 6.24. The normalized spacial score (nSPS) is 23.0. The second-order valence-electron chi connectivity index (χ2n) is 7.39. The van der Waals surface area contributed by atoms with E-state index in [4.69, 9.17) is 0 Å². The summed E-state index contributed by atoms with van der Waals surface area (Å²) >= 11 is 0.830. The molecule has 0 amide bonds. The molecule has 0 unspecified atom stereocenters. The third-order valence-corrected chi connectivity index (χ3v) is 6.76. The first-order valence-electron chi connectivity index (χ1n) is 8.83. The Balaban J connectivity index is 2.04. The molecular weight excluding hydrogens is 380 g/mol. The summed E-state index contributed by atoms with van der Waals surface area (Å²) < 4.78 is 0. The SMILES string of the molecule is CC(=O)S[C@@H]1c2c(O)c3c(c(O)c2CC[C@@]1(C)O)C(=O)c1ccccc1C3=O. The molecule has 0 heterocycles. The fourth-order valence-electron chi connectivity index (χ4n) is 4.09. The highest BCUT2D eigenvalue weighted by molar-refractivity contribution is 8.13. The van der Waals surface area contributed by atoms with Crippen molar-refractivity contribution in [2.24, 2.45) is 0 Å². The van der Waals surface area contributed by atoms with E-state index in [0.29, 0.717) is 5.56 Å². The Hall–Kier alpha value is -2.64. The largest absolute Gasteiger partial charge is 0.507 e. The molecule has 0 spiro atoms. The van der Waals surface area contributed by atoms with Gasteiger partial charge in [0.25, 0.3) is 0 Å². The van der Waals surface area contributed by atoms with E-state index in [2.05, 4.69) is 0 Å². The lowest BCUT2D eigenvalue weighted by Gasteiger charge is -2.39. The number of ketones is 2. The molecule has 0 radical (unpaired) electrons. The van der Waals surface area contributed by atoms with Crippen molar-refractivity contribution in [1.82, 2.24) is 0 Å². The molecule has 0 saturated heterocycles. The molecule has 2 atom stereocenters. The predicted molar refractivity (Wildman–Crippen MR) is 103 cm³/mol. The van der Waals surface area contributed by atoms with Gasteiger partial charge in [-0.1, -0.05) is 36.0 Å². The van der Waals surface area contributed by atoms with Crippen molar-refractivity contribution in [1.29, 1.82) is 0 Å². The first-order chi connectivity index (χ1) is 13.1. The lowest BCUT2D eigenvalue weighted by Crippen LogP contribution is -2.37. The Kier molecular flexibility index (Phi) is 4.13. The fourth-order valence-corrected chi connectivity index (χ4v) is 5.17. The predicted octanol–water partition coefficient (Wildman–Crippen LogP) is 2.89. The van der Waals surface area contributed by atoms with Gasteiger partial charge in [0.15, 0.2) is 16.7 Å². The number of fused-ring (bicyclic) bond motifs is 3. The molecule has 0 fully saturated rings. The van der Waals surface area contributed by atoms with Crippen LogP contribution in [0.1, 0.15) is 68.5 Å². The number of hydrogen-bond donors (Lipinski definition) is 3. The number of aromatic hydroxyl groups is 2. The van der Waals surface area contributed by atoms with Gasteiger partial charge in [0.1, 0.15) is 11.5 Å². The number of benzene rings is 2. The highest BCUT2D eigenvalue weighted by atomic mass is 32.2. The van der Waals surface area contributed by atoms with Crippen LogP contribution in [0.2, 0.25) is 0 Å². The van der Waals surface area contributed by atoms with E-state index < -0.39 is 28.2 Å². The quantitative estimate of drug-likeness (QED) is 0.540. The van der Waals surface area contributed by atoms with E-state index in [9.17, 15) is 29.7 Å². The van der Waals surface area contributed by atoms with Crippen molar-refractivity contribution < 1.29 is 29.7 Å². The van der Waals surface area contributed by atoms with Gasteiger partial charge in [0, 0.05) is 29.2 Å². The highest BCUT2D eigenvalue weighted by Crippen LogP contribution is 2.55. The minimum Gasteiger partial charge on any atom is -0.507 e. The van der Waals surface area contributed by atoms with Gasteiger partial charge in [-0.3, -0.25) is 14.4 Å². The van der Waals surface area contributed by atoms with E-state index in [0.717, 1.165) is 11.8 Å². The molecule has 2 aromatic carbocycles. The van der Waals surface area contributed by atoms with Crippen LogP contribution in [-0.4, -0.2) is 37.6 Å². The number of phenols is 2. The van der Waals surface area contributed by atoms with Crippen LogP contribution in [0.15, 0.2) is 24.3 Å². The van der Waals surface area contributed by atoms with Crippen LogP contribution in [0.25, 0.3) is 0 Å². The van der Waals surface area contributed by atoms with Gasteiger partial charge in [-0.25, -0.2) is 0 Å². The Morgan fingerprint density at radius 2 is 1.61 bits per heavy atom. The zero-order valence-corrected chi connectivity index (χ0v) is 16.1. The number of hydrogen-bond acceptors (Lipinski definition) is 7. The molecule has 0 bridgehead atoms. The first-order valence-corrected chi connectivity index (χ1v) is 9.71. The summed E-state index contributed by atoms with van der Waals surface area (Å²) in [7, 11) is 0. The molecule has 28 heavy (non-hydrogen) atoms. The zero-order chi connectivity index (χ0) is 20.4. The maximum Gasteiger partial charge on any atom is 0.198 e. The van der Waals surface area contributed by atoms with E-state index in [-0.39, 0.29) is 51.5 Å². The Labute approximate surface area is 165 Å². The van der Waals surface area contributed by atoms with E-state index >= 15 is 0 Å². The van der Waals surface area contributed by atoms with Crippen molar-refractivity contribution in [2.75, 3.05) is 0 Å². The maximum absolute atomic E-state index is 13.0. The number of aliphatic hydroxyl groups is 1. The monoisotopic (exact) mass is 398 g/mol. The summed E-state index contributed by atoms with van der Waals surface area (Å²) in [4.78, 5) is 37.8. The van der Waals surface area contributed by atoms with Crippen molar-refractivity contribution in [3.05, 3.63) is 57.6 Å². The summed E-state index contributed by atoms with van der Waals surface area (Å²) in [5, 5.41) is 31.6. The Bertz CT molecular complexity index is 1070. The number of phenolic OH excluding ortho intramolecular Hbond substituents is 2. The highest BCUT2D eigenvalue weighted by Gasteiger charge is 2.46. The molecule has 4 rings (SSSR count). The van der Waals surface area contributed by atoms with E-state index in [1.807, 2.05) is 0 Å². The van der Waals surface area contributed by atoms with Crippen LogP contribution in [0.5, 0.6) is 11.5 Å². The van der Waals surface area contributed by atoms with Crippen LogP contribution in [0.3, 0.4) is 0 Å². The second kappa shape index (κ2) is 6.18. The van der Waals surface area contributed by atoms with Gasteiger partial charge >= 0.3 is 0 Å². The molecular formula is C21H18O6S. The first kappa shape index (κ1) is 18.7. The molecule has 144 valence electrons. The summed E-state index contributed by atoms with van der Waals surface area (Å²) in [6.45, 7) is 2.89. The van der Waals surface area contributed by atoms with Crippen molar-refractivity contribution in [3.63, 3.8) is 0 Å². The lowest BCUT2D eigenvalue weighted by molar-refractivity contribution is -0.109. The van der Waals surface area contributed by atoms with E-state index in [1.54, 1.807) is 19.1 Å². The molecule has 6 nitrogen and oxygen atoms in total. The van der Waals surface area contributed by atoms with Crippen LogP contribution < -0.4 is 0 Å². The molecule has 3 N–H and O–H groups in total. The number of carbonyl (C=O) groups excluding carboxylic acids is 3. The van der Waals surface area contributed by atoms with Crippen molar-refractivity contribution in [3.8, 4) is 11.5 Å². The van der Waals surface area contributed by atoms with Gasteiger partial charge in [0.2, 0.25) is 0 Å². The average molecular weight is 398 g/mol. The Morgan fingerprint density at radius 3 is 2.14 bits per heavy atom. The maximum atomic E-state index is 13.0. The zero-order valence-electron chi connectivity index (χ0n) is 15.3. The molecule has 0 aliphatic heterocycles. The second-order valence-corrected chi connectivity index (χ2v) is 8.67.